The third-order valence-electron chi connectivity index (χ3n) is 3.45. The second-order valence-corrected chi connectivity index (χ2v) is 5.82. The van der Waals surface area contributed by atoms with Gasteiger partial charge in [0.15, 0.2) is 0 Å². The van der Waals surface area contributed by atoms with Crippen LogP contribution in [-0.2, 0) is 6.54 Å². The van der Waals surface area contributed by atoms with Gasteiger partial charge in [0.25, 0.3) is 5.91 Å². The third-order valence-corrected chi connectivity index (χ3v) is 3.45. The number of nitrogens with one attached hydrogen (secondary N) is 1. The van der Waals surface area contributed by atoms with Crippen molar-refractivity contribution in [2.45, 2.75) is 32.4 Å². The van der Waals surface area contributed by atoms with Crippen molar-refractivity contribution < 1.29 is 9.90 Å². The summed E-state index contributed by atoms with van der Waals surface area (Å²) in [5, 5.41) is 12.0. The highest BCUT2D eigenvalue weighted by molar-refractivity contribution is 5.93. The molecule has 0 radical (unpaired) electrons. The molecule has 0 bridgehead atoms. The van der Waals surface area contributed by atoms with E-state index in [0.29, 0.717) is 18.7 Å². The quantitative estimate of drug-likeness (QED) is 0.857. The molecule has 0 unspecified atom stereocenters. The lowest BCUT2D eigenvalue weighted by Crippen LogP contribution is -2.44. The molecule has 1 aromatic carbocycles. The summed E-state index contributed by atoms with van der Waals surface area (Å²) in [5.41, 5.74) is 1.36. The van der Waals surface area contributed by atoms with E-state index in [4.69, 9.17) is 5.11 Å². The van der Waals surface area contributed by atoms with Crippen LogP contribution in [0, 0.1) is 0 Å². The molecular formula is C17H22N2O2. The average molecular weight is 286 g/mol. The molecule has 4 nitrogen and oxygen atoms in total. The number of aliphatic hydroxyl groups excluding tert-OH is 1. The fourth-order valence-electron chi connectivity index (χ4n) is 2.25. The monoisotopic (exact) mass is 286 g/mol. The van der Waals surface area contributed by atoms with Gasteiger partial charge in [-0.3, -0.25) is 4.79 Å². The van der Waals surface area contributed by atoms with Crippen LogP contribution >= 0.6 is 0 Å². The summed E-state index contributed by atoms with van der Waals surface area (Å²) in [5.74, 6) is -0.116. The average Bonchev–Trinajstić information content (AvgIpc) is 2.87. The van der Waals surface area contributed by atoms with Gasteiger partial charge in [-0.05, 0) is 38.0 Å². The van der Waals surface area contributed by atoms with Gasteiger partial charge < -0.3 is 15.0 Å². The first-order chi connectivity index (χ1) is 10.0. The van der Waals surface area contributed by atoms with Gasteiger partial charge in [0.05, 0.1) is 0 Å². The second-order valence-electron chi connectivity index (χ2n) is 5.82. The molecule has 0 spiro atoms. The van der Waals surface area contributed by atoms with Crippen LogP contribution in [-0.4, -0.2) is 27.7 Å². The lowest BCUT2D eigenvalue weighted by atomic mass is 10.0. The summed E-state index contributed by atoms with van der Waals surface area (Å²) in [4.78, 5) is 12.4. The predicted octanol–water partition coefficient (Wildman–Crippen LogP) is 2.43. The number of aromatic nitrogens is 1. The van der Waals surface area contributed by atoms with Gasteiger partial charge in [0, 0.05) is 24.9 Å². The zero-order valence-corrected chi connectivity index (χ0v) is 12.5. The van der Waals surface area contributed by atoms with Gasteiger partial charge in [0.1, 0.15) is 5.69 Å². The number of hydrogen-bond acceptors (Lipinski definition) is 2. The third kappa shape index (κ3) is 4.20. The Morgan fingerprint density at radius 2 is 1.90 bits per heavy atom. The highest BCUT2D eigenvalue weighted by Gasteiger charge is 2.22. The van der Waals surface area contributed by atoms with Crippen LogP contribution in [0.2, 0.25) is 0 Å². The van der Waals surface area contributed by atoms with Crippen molar-refractivity contribution in [3.05, 3.63) is 59.9 Å². The van der Waals surface area contributed by atoms with Gasteiger partial charge in [-0.15, -0.1) is 0 Å². The maximum absolute atomic E-state index is 12.4. The Hall–Kier alpha value is -2.07. The largest absolute Gasteiger partial charge is 0.396 e. The van der Waals surface area contributed by atoms with E-state index in [-0.39, 0.29) is 12.5 Å². The number of amides is 1. The van der Waals surface area contributed by atoms with E-state index >= 15 is 0 Å². The summed E-state index contributed by atoms with van der Waals surface area (Å²) in [6, 6.07) is 13.7. The Morgan fingerprint density at radius 1 is 1.19 bits per heavy atom. The molecule has 0 aliphatic rings. The minimum atomic E-state index is -0.423. The van der Waals surface area contributed by atoms with E-state index in [0.717, 1.165) is 5.56 Å². The van der Waals surface area contributed by atoms with E-state index in [1.807, 2.05) is 67.1 Å². The zero-order valence-electron chi connectivity index (χ0n) is 12.5. The Labute approximate surface area is 125 Å². The second kappa shape index (κ2) is 6.59. The van der Waals surface area contributed by atoms with Crippen LogP contribution in [0.1, 0.15) is 36.3 Å². The van der Waals surface area contributed by atoms with E-state index in [1.165, 1.54) is 0 Å². The van der Waals surface area contributed by atoms with Gasteiger partial charge in [-0.2, -0.15) is 0 Å². The standard InChI is InChI=1S/C17H22N2O2/c1-17(2,10-12-20)18-16(21)15-9-6-11-19(15)13-14-7-4-3-5-8-14/h3-9,11,20H,10,12-13H2,1-2H3,(H,18,21). The first kappa shape index (κ1) is 15.3. The van der Waals surface area contributed by atoms with Gasteiger partial charge in [-0.1, -0.05) is 30.3 Å². The first-order valence-corrected chi connectivity index (χ1v) is 7.14. The summed E-state index contributed by atoms with van der Waals surface area (Å²) >= 11 is 0. The fourth-order valence-corrected chi connectivity index (χ4v) is 2.25. The molecule has 0 aliphatic heterocycles. The lowest BCUT2D eigenvalue weighted by Gasteiger charge is -2.25. The predicted molar refractivity (Wildman–Crippen MR) is 83.2 cm³/mol. The van der Waals surface area contributed by atoms with Crippen LogP contribution in [0.25, 0.3) is 0 Å². The van der Waals surface area contributed by atoms with Crippen molar-refractivity contribution >= 4 is 5.91 Å². The number of carbonyl (C=O) groups is 1. The normalized spacial score (nSPS) is 11.4. The fraction of sp³-hybridized carbons (Fsp3) is 0.353. The molecule has 0 atom stereocenters. The SMILES string of the molecule is CC(C)(CCO)NC(=O)c1cccn1Cc1ccccc1. The van der Waals surface area contributed by atoms with Crippen molar-refractivity contribution in [3.63, 3.8) is 0 Å². The van der Waals surface area contributed by atoms with E-state index in [9.17, 15) is 4.79 Å². The molecule has 1 amide bonds. The molecule has 0 aliphatic carbocycles. The number of aliphatic hydroxyl groups is 1. The molecule has 2 N–H and O–H groups in total. The number of rotatable bonds is 6. The van der Waals surface area contributed by atoms with E-state index in [2.05, 4.69) is 5.32 Å². The topological polar surface area (TPSA) is 54.3 Å². The minimum absolute atomic E-state index is 0.0539. The number of hydrogen-bond donors (Lipinski definition) is 2. The number of benzene rings is 1. The van der Waals surface area contributed by atoms with Crippen LogP contribution in [0.15, 0.2) is 48.7 Å². The van der Waals surface area contributed by atoms with Gasteiger partial charge in [0.2, 0.25) is 0 Å². The lowest BCUT2D eigenvalue weighted by molar-refractivity contribution is 0.0890. The van der Waals surface area contributed by atoms with Crippen molar-refractivity contribution in [1.82, 2.24) is 9.88 Å². The minimum Gasteiger partial charge on any atom is -0.396 e. The molecule has 0 saturated heterocycles. The van der Waals surface area contributed by atoms with Crippen LogP contribution in [0.3, 0.4) is 0 Å². The highest BCUT2D eigenvalue weighted by Crippen LogP contribution is 2.12. The summed E-state index contributed by atoms with van der Waals surface area (Å²) in [6.45, 7) is 4.53. The molecule has 0 fully saturated rings. The molecule has 1 aromatic heterocycles. The molecule has 1 heterocycles. The van der Waals surface area contributed by atoms with Crippen LogP contribution in [0.4, 0.5) is 0 Å². The summed E-state index contributed by atoms with van der Waals surface area (Å²) < 4.78 is 1.93. The number of nitrogens with zero attached hydrogens (tertiary/aromatic N) is 1. The van der Waals surface area contributed by atoms with Crippen molar-refractivity contribution in [2.24, 2.45) is 0 Å². The Bertz CT molecular complexity index is 588. The molecule has 21 heavy (non-hydrogen) atoms. The van der Waals surface area contributed by atoms with Crippen LogP contribution < -0.4 is 5.32 Å². The van der Waals surface area contributed by atoms with Crippen molar-refractivity contribution in [3.8, 4) is 0 Å². The Balaban J connectivity index is 2.11. The summed E-state index contributed by atoms with van der Waals surface area (Å²) in [6.07, 6.45) is 2.43. The van der Waals surface area contributed by atoms with E-state index in [1.54, 1.807) is 0 Å². The molecule has 112 valence electrons. The van der Waals surface area contributed by atoms with Gasteiger partial charge in [-0.25, -0.2) is 0 Å². The zero-order chi connectivity index (χ0) is 15.3. The van der Waals surface area contributed by atoms with Gasteiger partial charge >= 0.3 is 0 Å². The maximum Gasteiger partial charge on any atom is 0.268 e. The number of carbonyl (C=O) groups excluding carboxylic acids is 1. The van der Waals surface area contributed by atoms with Crippen molar-refractivity contribution in [1.29, 1.82) is 0 Å². The smallest absolute Gasteiger partial charge is 0.268 e. The van der Waals surface area contributed by atoms with Crippen molar-refractivity contribution in [2.75, 3.05) is 6.61 Å². The Morgan fingerprint density at radius 3 is 2.57 bits per heavy atom. The summed E-state index contributed by atoms with van der Waals surface area (Å²) in [7, 11) is 0. The highest BCUT2D eigenvalue weighted by atomic mass is 16.3. The molecule has 4 heteroatoms. The molecular weight excluding hydrogens is 264 g/mol. The molecule has 0 saturated carbocycles. The molecule has 2 aromatic rings. The molecule has 2 rings (SSSR count). The Kier molecular flexibility index (Phi) is 4.81. The van der Waals surface area contributed by atoms with Crippen LogP contribution in [0.5, 0.6) is 0 Å². The first-order valence-electron chi connectivity index (χ1n) is 7.14. The maximum atomic E-state index is 12.4. The van der Waals surface area contributed by atoms with E-state index < -0.39 is 5.54 Å².